The van der Waals surface area contributed by atoms with E-state index in [9.17, 15) is 0 Å². The van der Waals surface area contributed by atoms with Gasteiger partial charge in [0, 0.05) is 13.1 Å². The van der Waals surface area contributed by atoms with Crippen LogP contribution in [0.2, 0.25) is 10.4 Å². The molecule has 0 bridgehead atoms. The maximum absolute atomic E-state index is 6.05. The number of aromatic nitrogens is 4. The van der Waals surface area contributed by atoms with E-state index >= 15 is 0 Å². The molecular weight excluding hydrogens is 285 g/mol. The van der Waals surface area contributed by atoms with Gasteiger partial charge in [-0.3, -0.25) is 0 Å². The maximum Gasteiger partial charge on any atom is 0.225 e. The lowest BCUT2D eigenvalue weighted by atomic mass is 10.2. The SMILES string of the molecule is Clc1nc(N2CCCCCC2)c2ncnc(Cl)c2n1. The second-order valence-corrected chi connectivity index (χ2v) is 5.28. The van der Waals surface area contributed by atoms with E-state index in [2.05, 4.69) is 24.8 Å². The van der Waals surface area contributed by atoms with Gasteiger partial charge in [0.15, 0.2) is 11.0 Å². The summed E-state index contributed by atoms with van der Waals surface area (Å²) in [5, 5.41) is 0.494. The first-order chi connectivity index (χ1) is 9.25. The van der Waals surface area contributed by atoms with E-state index in [1.54, 1.807) is 0 Å². The van der Waals surface area contributed by atoms with Crippen LogP contribution in [0.1, 0.15) is 25.7 Å². The second kappa shape index (κ2) is 5.43. The fourth-order valence-corrected chi connectivity index (χ4v) is 2.72. The van der Waals surface area contributed by atoms with Crippen molar-refractivity contribution < 1.29 is 0 Å². The molecule has 0 amide bonds. The molecule has 0 aliphatic carbocycles. The van der Waals surface area contributed by atoms with Crippen LogP contribution >= 0.6 is 23.2 Å². The van der Waals surface area contributed by atoms with Crippen molar-refractivity contribution in [2.75, 3.05) is 18.0 Å². The molecule has 7 heteroatoms. The molecule has 0 radical (unpaired) electrons. The highest BCUT2D eigenvalue weighted by Crippen LogP contribution is 2.28. The van der Waals surface area contributed by atoms with E-state index in [0.29, 0.717) is 16.2 Å². The molecule has 0 aromatic carbocycles. The molecule has 0 N–H and O–H groups in total. The van der Waals surface area contributed by atoms with Gasteiger partial charge in [-0.25, -0.2) is 15.0 Å². The number of hydrogen-bond acceptors (Lipinski definition) is 5. The molecular formula is C12H13Cl2N5. The number of nitrogens with zero attached hydrogens (tertiary/aromatic N) is 5. The third kappa shape index (κ3) is 2.58. The number of fused-ring (bicyclic) bond motifs is 1. The zero-order chi connectivity index (χ0) is 13.2. The van der Waals surface area contributed by atoms with Crippen LogP contribution in [-0.2, 0) is 0 Å². The summed E-state index contributed by atoms with van der Waals surface area (Å²) >= 11 is 12.0. The molecule has 0 atom stereocenters. The first-order valence-corrected chi connectivity index (χ1v) is 7.10. The third-order valence-corrected chi connectivity index (χ3v) is 3.74. The van der Waals surface area contributed by atoms with E-state index in [1.807, 2.05) is 0 Å². The van der Waals surface area contributed by atoms with Crippen LogP contribution < -0.4 is 4.90 Å². The highest BCUT2D eigenvalue weighted by atomic mass is 35.5. The van der Waals surface area contributed by atoms with Gasteiger partial charge in [0.25, 0.3) is 0 Å². The van der Waals surface area contributed by atoms with E-state index in [4.69, 9.17) is 23.2 Å². The van der Waals surface area contributed by atoms with Gasteiger partial charge in [0.05, 0.1) is 0 Å². The van der Waals surface area contributed by atoms with Crippen LogP contribution in [0.5, 0.6) is 0 Å². The molecule has 3 rings (SSSR count). The predicted octanol–water partition coefficient (Wildman–Crippen LogP) is 3.11. The minimum atomic E-state index is 0.184. The molecule has 1 fully saturated rings. The molecule has 0 saturated carbocycles. The number of anilines is 1. The summed E-state index contributed by atoms with van der Waals surface area (Å²) in [4.78, 5) is 18.9. The van der Waals surface area contributed by atoms with E-state index in [0.717, 1.165) is 31.7 Å². The van der Waals surface area contributed by atoms with Gasteiger partial charge in [0.2, 0.25) is 5.28 Å². The Balaban J connectivity index is 2.13. The lowest BCUT2D eigenvalue weighted by Gasteiger charge is -2.22. The highest BCUT2D eigenvalue weighted by Gasteiger charge is 2.18. The van der Waals surface area contributed by atoms with Crippen LogP contribution in [0.25, 0.3) is 11.0 Å². The zero-order valence-electron chi connectivity index (χ0n) is 10.3. The van der Waals surface area contributed by atoms with Gasteiger partial charge in [-0.1, -0.05) is 24.4 Å². The summed E-state index contributed by atoms with van der Waals surface area (Å²) in [7, 11) is 0. The molecule has 19 heavy (non-hydrogen) atoms. The highest BCUT2D eigenvalue weighted by molar-refractivity contribution is 6.34. The van der Waals surface area contributed by atoms with Crippen molar-refractivity contribution >= 4 is 40.1 Å². The minimum Gasteiger partial charge on any atom is -0.355 e. The second-order valence-electron chi connectivity index (χ2n) is 4.58. The summed E-state index contributed by atoms with van der Waals surface area (Å²) in [5.74, 6) is 0.765. The Morgan fingerprint density at radius 3 is 2.37 bits per heavy atom. The minimum absolute atomic E-state index is 0.184. The summed E-state index contributed by atoms with van der Waals surface area (Å²) < 4.78 is 0. The van der Waals surface area contributed by atoms with Gasteiger partial charge in [-0.2, -0.15) is 4.98 Å². The number of rotatable bonds is 1. The van der Waals surface area contributed by atoms with Crippen LogP contribution in [0.4, 0.5) is 5.82 Å². The first kappa shape index (κ1) is 12.8. The van der Waals surface area contributed by atoms with Crippen molar-refractivity contribution in [2.45, 2.75) is 25.7 Å². The van der Waals surface area contributed by atoms with Crippen molar-refractivity contribution in [3.63, 3.8) is 0 Å². The van der Waals surface area contributed by atoms with Crippen molar-refractivity contribution in [3.8, 4) is 0 Å². The van der Waals surface area contributed by atoms with Gasteiger partial charge < -0.3 is 4.90 Å². The molecule has 2 aromatic rings. The Labute approximate surface area is 121 Å². The van der Waals surface area contributed by atoms with Gasteiger partial charge in [-0.15, -0.1) is 0 Å². The van der Waals surface area contributed by atoms with Crippen molar-refractivity contribution in [1.29, 1.82) is 0 Å². The molecule has 3 heterocycles. The molecule has 2 aromatic heterocycles. The third-order valence-electron chi connectivity index (χ3n) is 3.30. The Morgan fingerprint density at radius 1 is 0.895 bits per heavy atom. The van der Waals surface area contributed by atoms with Gasteiger partial charge in [-0.05, 0) is 24.4 Å². The summed E-state index contributed by atoms with van der Waals surface area (Å²) in [6, 6.07) is 0. The standard InChI is InChI=1S/C12H13Cl2N5/c13-10-8-9(15-7-16-10)11(18-12(14)17-8)19-5-3-1-2-4-6-19/h7H,1-6H2. The van der Waals surface area contributed by atoms with Gasteiger partial charge in [0.1, 0.15) is 17.4 Å². The van der Waals surface area contributed by atoms with Crippen LogP contribution in [-0.4, -0.2) is 33.0 Å². The normalized spacial score (nSPS) is 16.6. The van der Waals surface area contributed by atoms with Crippen molar-refractivity contribution in [3.05, 3.63) is 16.8 Å². The zero-order valence-corrected chi connectivity index (χ0v) is 11.8. The fourth-order valence-electron chi connectivity index (χ4n) is 2.38. The van der Waals surface area contributed by atoms with Crippen LogP contribution in [0.3, 0.4) is 0 Å². The summed E-state index contributed by atoms with van der Waals surface area (Å²) in [6.45, 7) is 1.92. The summed E-state index contributed by atoms with van der Waals surface area (Å²) in [6.07, 6.45) is 6.25. The fraction of sp³-hybridized carbons (Fsp3) is 0.500. The largest absolute Gasteiger partial charge is 0.355 e. The molecule has 5 nitrogen and oxygen atoms in total. The quantitative estimate of drug-likeness (QED) is 0.598. The van der Waals surface area contributed by atoms with E-state index in [-0.39, 0.29) is 5.28 Å². The monoisotopic (exact) mass is 297 g/mol. The molecule has 0 unspecified atom stereocenters. The molecule has 100 valence electrons. The number of halogens is 2. The number of hydrogen-bond donors (Lipinski definition) is 0. The smallest absolute Gasteiger partial charge is 0.225 e. The molecule has 0 spiro atoms. The van der Waals surface area contributed by atoms with E-state index < -0.39 is 0 Å². The average molecular weight is 298 g/mol. The Morgan fingerprint density at radius 2 is 1.63 bits per heavy atom. The average Bonchev–Trinajstić information content (AvgIpc) is 2.68. The lowest BCUT2D eigenvalue weighted by Crippen LogP contribution is -2.25. The Kier molecular flexibility index (Phi) is 3.66. The van der Waals surface area contributed by atoms with Crippen LogP contribution in [0.15, 0.2) is 6.33 Å². The molecule has 1 aliphatic rings. The molecule has 1 aliphatic heterocycles. The Hall–Kier alpha value is -1.20. The first-order valence-electron chi connectivity index (χ1n) is 6.34. The predicted molar refractivity (Wildman–Crippen MR) is 75.8 cm³/mol. The lowest BCUT2D eigenvalue weighted by molar-refractivity contribution is 0.726. The van der Waals surface area contributed by atoms with Crippen molar-refractivity contribution in [1.82, 2.24) is 19.9 Å². The molecule has 1 saturated heterocycles. The maximum atomic E-state index is 6.05. The Bertz CT molecular complexity index is 596. The van der Waals surface area contributed by atoms with Crippen molar-refractivity contribution in [2.24, 2.45) is 0 Å². The van der Waals surface area contributed by atoms with Crippen LogP contribution in [0, 0.1) is 0 Å². The van der Waals surface area contributed by atoms with Gasteiger partial charge >= 0.3 is 0 Å². The topological polar surface area (TPSA) is 54.8 Å². The summed E-state index contributed by atoms with van der Waals surface area (Å²) in [5.41, 5.74) is 1.19. The van der Waals surface area contributed by atoms with E-state index in [1.165, 1.54) is 19.2 Å².